The van der Waals surface area contributed by atoms with Gasteiger partial charge in [-0.15, -0.1) is 0 Å². The van der Waals surface area contributed by atoms with Crippen molar-refractivity contribution in [1.82, 2.24) is 4.90 Å². The van der Waals surface area contributed by atoms with Crippen LogP contribution >= 0.6 is 0 Å². The van der Waals surface area contributed by atoms with Crippen molar-refractivity contribution in [3.63, 3.8) is 0 Å². The highest BCUT2D eigenvalue weighted by Gasteiger charge is 2.51. The molecule has 0 bridgehead atoms. The summed E-state index contributed by atoms with van der Waals surface area (Å²) < 4.78 is 26.1. The van der Waals surface area contributed by atoms with Crippen molar-refractivity contribution in [3.05, 3.63) is 35.4 Å². The van der Waals surface area contributed by atoms with Crippen molar-refractivity contribution in [2.24, 2.45) is 5.92 Å². The van der Waals surface area contributed by atoms with E-state index in [0.29, 0.717) is 5.92 Å². The molecule has 4 unspecified atom stereocenters. The number of alkyl halides is 1. The fraction of sp³-hybridized carbons (Fsp3) is 0.724. The van der Waals surface area contributed by atoms with Crippen molar-refractivity contribution < 1.29 is 18.7 Å². The normalized spacial score (nSPS) is 28.1. The summed E-state index contributed by atoms with van der Waals surface area (Å²) in [5, 5.41) is 9.34. The molecule has 4 atom stereocenters. The van der Waals surface area contributed by atoms with E-state index in [4.69, 9.17) is 9.47 Å². The van der Waals surface area contributed by atoms with Gasteiger partial charge in [0.2, 0.25) is 0 Å². The molecule has 2 fully saturated rings. The lowest BCUT2D eigenvalue weighted by Gasteiger charge is -2.34. The smallest absolute Gasteiger partial charge is 0.413 e. The van der Waals surface area contributed by atoms with Crippen molar-refractivity contribution in [1.29, 1.82) is 5.26 Å². The van der Waals surface area contributed by atoms with Gasteiger partial charge < -0.3 is 9.47 Å². The maximum Gasteiger partial charge on any atom is 0.413 e. The predicted molar refractivity (Wildman–Crippen MR) is 136 cm³/mol. The lowest BCUT2D eigenvalue weighted by molar-refractivity contribution is -0.0797. The molecule has 1 saturated heterocycles. The molecular formula is C29H43FN2O3. The molecule has 1 aliphatic heterocycles. The minimum atomic E-state index is -0.974. The zero-order valence-electron chi connectivity index (χ0n) is 22.2. The van der Waals surface area contributed by atoms with Crippen LogP contribution in [-0.2, 0) is 9.47 Å². The van der Waals surface area contributed by atoms with Crippen LogP contribution in [-0.4, -0.2) is 35.0 Å². The number of carbonyl (C=O) groups is 1. The molecule has 35 heavy (non-hydrogen) atoms. The van der Waals surface area contributed by atoms with Gasteiger partial charge in [-0.1, -0.05) is 56.4 Å². The Morgan fingerprint density at radius 1 is 1.06 bits per heavy atom. The second-order valence-corrected chi connectivity index (χ2v) is 11.7. The monoisotopic (exact) mass is 486 g/mol. The lowest BCUT2D eigenvalue weighted by atomic mass is 9.87. The second-order valence-electron chi connectivity index (χ2n) is 11.7. The first-order chi connectivity index (χ1) is 16.6. The fourth-order valence-electron chi connectivity index (χ4n) is 5.54. The third kappa shape index (κ3) is 7.19. The van der Waals surface area contributed by atoms with E-state index in [0.717, 1.165) is 50.5 Å². The molecule has 5 nitrogen and oxygen atoms in total. The number of rotatable bonds is 3. The van der Waals surface area contributed by atoms with Crippen LogP contribution in [0.3, 0.4) is 0 Å². The molecule has 1 aromatic rings. The Balaban J connectivity index is 1.73. The van der Waals surface area contributed by atoms with Crippen LogP contribution in [0, 0.1) is 17.2 Å². The zero-order valence-corrected chi connectivity index (χ0v) is 22.2. The van der Waals surface area contributed by atoms with Crippen molar-refractivity contribution >= 4 is 6.09 Å². The Kier molecular flexibility index (Phi) is 9.21. The van der Waals surface area contributed by atoms with Crippen molar-refractivity contribution in [3.8, 4) is 6.07 Å². The minimum absolute atomic E-state index is 0.213. The van der Waals surface area contributed by atoms with Gasteiger partial charge in [-0.2, -0.15) is 5.26 Å². The summed E-state index contributed by atoms with van der Waals surface area (Å²) in [4.78, 5) is 14.3. The van der Waals surface area contributed by atoms with E-state index in [2.05, 4.69) is 18.2 Å². The average Bonchev–Trinajstić information content (AvgIpc) is 3.04. The quantitative estimate of drug-likeness (QED) is 0.437. The molecule has 0 radical (unpaired) electrons. The highest BCUT2D eigenvalue weighted by molar-refractivity contribution is 5.70. The van der Waals surface area contributed by atoms with E-state index >= 15 is 0 Å². The summed E-state index contributed by atoms with van der Waals surface area (Å²) >= 11 is 0. The van der Waals surface area contributed by atoms with E-state index < -0.39 is 36.2 Å². The van der Waals surface area contributed by atoms with Gasteiger partial charge in [0.1, 0.15) is 24.1 Å². The van der Waals surface area contributed by atoms with Gasteiger partial charge in [0.25, 0.3) is 0 Å². The summed E-state index contributed by atoms with van der Waals surface area (Å²) in [7, 11) is 0. The van der Waals surface area contributed by atoms with E-state index in [1.807, 2.05) is 12.1 Å². The number of amides is 1. The fourth-order valence-corrected chi connectivity index (χ4v) is 5.54. The predicted octanol–water partition coefficient (Wildman–Crippen LogP) is 7.82. The Bertz CT molecular complexity index is 871. The van der Waals surface area contributed by atoms with Gasteiger partial charge >= 0.3 is 6.09 Å². The number of hydrogen-bond acceptors (Lipinski definition) is 4. The molecule has 0 N–H and O–H groups in total. The molecule has 194 valence electrons. The highest BCUT2D eigenvalue weighted by Crippen LogP contribution is 2.42. The third-order valence-electron chi connectivity index (χ3n) is 7.30. The topological polar surface area (TPSA) is 62.6 Å². The summed E-state index contributed by atoms with van der Waals surface area (Å²) in [5.74, 6) is 0.712. The zero-order chi connectivity index (χ0) is 25.6. The van der Waals surface area contributed by atoms with Crippen LogP contribution < -0.4 is 0 Å². The average molecular weight is 487 g/mol. The molecular weight excluding hydrogens is 443 g/mol. The SMILES string of the molecule is CC(C)(C)OC(=O)N1C(CF)C(c2ccc(C3CCCCCC(C#N)CCCC3)cc2)OC1(C)C. The molecule has 1 amide bonds. The number of halogens is 1. The molecule has 0 aromatic heterocycles. The van der Waals surface area contributed by atoms with Gasteiger partial charge in [-0.05, 0) is 77.3 Å². The molecule has 1 saturated carbocycles. The number of carbonyl (C=O) groups excluding carboxylic acids is 1. The molecule has 0 spiro atoms. The first kappa shape index (κ1) is 27.5. The Morgan fingerprint density at radius 3 is 2.17 bits per heavy atom. The third-order valence-corrected chi connectivity index (χ3v) is 7.30. The van der Waals surface area contributed by atoms with Crippen LogP contribution in [0.15, 0.2) is 24.3 Å². The summed E-state index contributed by atoms with van der Waals surface area (Å²) in [6.45, 7) is 8.27. The summed E-state index contributed by atoms with van der Waals surface area (Å²) in [6, 6.07) is 10.1. The van der Waals surface area contributed by atoms with E-state index in [9.17, 15) is 14.4 Å². The lowest BCUT2D eigenvalue weighted by Crippen LogP contribution is -2.50. The number of hydrogen-bond donors (Lipinski definition) is 0. The number of ether oxygens (including phenoxy) is 2. The van der Waals surface area contributed by atoms with Crippen molar-refractivity contribution in [2.75, 3.05) is 6.67 Å². The highest BCUT2D eigenvalue weighted by atomic mass is 19.1. The van der Waals surface area contributed by atoms with Gasteiger partial charge in [-0.25, -0.2) is 9.18 Å². The molecule has 6 heteroatoms. The molecule has 3 rings (SSSR count). The van der Waals surface area contributed by atoms with Gasteiger partial charge in [0.15, 0.2) is 0 Å². The Labute approximate surface area is 211 Å². The first-order valence-corrected chi connectivity index (χ1v) is 13.3. The van der Waals surface area contributed by atoms with Gasteiger partial charge in [0, 0.05) is 5.92 Å². The van der Waals surface area contributed by atoms with Crippen LogP contribution in [0.4, 0.5) is 9.18 Å². The van der Waals surface area contributed by atoms with Crippen LogP contribution in [0.5, 0.6) is 0 Å². The molecule has 2 aliphatic rings. The standard InChI is InChI=1S/C29H43FN2O3/c1-28(2,3)35-27(33)32-25(19-30)26(34-29(32,4)5)24-17-15-23(16-18-24)22-13-8-6-7-11-21(20-31)12-9-10-14-22/h15-18,21-22,25-26H,6-14,19H2,1-5H3. The minimum Gasteiger partial charge on any atom is -0.444 e. The Morgan fingerprint density at radius 2 is 1.60 bits per heavy atom. The summed E-state index contributed by atoms with van der Waals surface area (Å²) in [5.41, 5.74) is 0.544. The van der Waals surface area contributed by atoms with Crippen LogP contribution in [0.2, 0.25) is 0 Å². The summed E-state index contributed by atoms with van der Waals surface area (Å²) in [6.07, 6.45) is 8.96. The van der Waals surface area contributed by atoms with Gasteiger partial charge in [0.05, 0.1) is 12.1 Å². The molecule has 1 aromatic carbocycles. The van der Waals surface area contributed by atoms with E-state index in [1.54, 1.807) is 34.6 Å². The number of nitriles is 1. The number of benzene rings is 1. The number of nitrogens with zero attached hydrogens (tertiary/aromatic N) is 2. The molecule has 1 heterocycles. The molecule has 1 aliphatic carbocycles. The van der Waals surface area contributed by atoms with E-state index in [-0.39, 0.29) is 5.92 Å². The van der Waals surface area contributed by atoms with Crippen LogP contribution in [0.1, 0.15) is 116 Å². The van der Waals surface area contributed by atoms with Crippen LogP contribution in [0.25, 0.3) is 0 Å². The Hall–Kier alpha value is -2.13. The first-order valence-electron chi connectivity index (χ1n) is 13.3. The second kappa shape index (κ2) is 11.7. The largest absolute Gasteiger partial charge is 0.444 e. The maximum absolute atomic E-state index is 14.3. The van der Waals surface area contributed by atoms with Gasteiger partial charge in [-0.3, -0.25) is 4.90 Å². The van der Waals surface area contributed by atoms with E-state index in [1.165, 1.54) is 23.3 Å². The maximum atomic E-state index is 14.3. The van der Waals surface area contributed by atoms with Crippen molar-refractivity contribution in [2.45, 2.75) is 122 Å².